The molecule has 2 heterocycles. The second kappa shape index (κ2) is 5.43. The number of amides is 2. The van der Waals surface area contributed by atoms with Crippen molar-refractivity contribution in [1.82, 2.24) is 5.32 Å². The van der Waals surface area contributed by atoms with Gasteiger partial charge in [-0.15, -0.1) is 0 Å². The van der Waals surface area contributed by atoms with Gasteiger partial charge >= 0.3 is 0 Å². The molecule has 2 aromatic carbocycles. The topological polar surface area (TPSA) is 61.4 Å². The third kappa shape index (κ3) is 2.34. The molecule has 5 heteroatoms. The SMILES string of the molecule is O=C1CC(N2CCNc3c(-c4ccccc4)cccc32)C(=O)N1. The van der Waals surface area contributed by atoms with Gasteiger partial charge in [0.15, 0.2) is 0 Å². The lowest BCUT2D eigenvalue weighted by Crippen LogP contribution is -2.45. The van der Waals surface area contributed by atoms with Gasteiger partial charge < -0.3 is 10.2 Å². The maximum absolute atomic E-state index is 12.1. The Hall–Kier alpha value is -2.82. The van der Waals surface area contributed by atoms with Crippen molar-refractivity contribution in [3.05, 3.63) is 48.5 Å². The summed E-state index contributed by atoms with van der Waals surface area (Å²) < 4.78 is 0. The molecule has 1 unspecified atom stereocenters. The second-order valence-corrected chi connectivity index (χ2v) is 5.82. The molecule has 4 rings (SSSR count). The zero-order chi connectivity index (χ0) is 15.8. The summed E-state index contributed by atoms with van der Waals surface area (Å²) in [5.74, 6) is -0.396. The number of carbonyl (C=O) groups excluding carboxylic acids is 2. The van der Waals surface area contributed by atoms with E-state index < -0.39 is 6.04 Å². The zero-order valence-corrected chi connectivity index (χ0v) is 12.6. The van der Waals surface area contributed by atoms with Crippen molar-refractivity contribution in [3.63, 3.8) is 0 Å². The van der Waals surface area contributed by atoms with Gasteiger partial charge in [-0.1, -0.05) is 42.5 Å². The van der Waals surface area contributed by atoms with E-state index in [1.54, 1.807) is 0 Å². The van der Waals surface area contributed by atoms with Crippen LogP contribution in [0.1, 0.15) is 6.42 Å². The Labute approximate surface area is 134 Å². The Kier molecular flexibility index (Phi) is 3.26. The van der Waals surface area contributed by atoms with E-state index in [9.17, 15) is 9.59 Å². The molecule has 0 saturated carbocycles. The first-order valence-electron chi connectivity index (χ1n) is 7.77. The molecule has 0 aromatic heterocycles. The van der Waals surface area contributed by atoms with Gasteiger partial charge in [-0.05, 0) is 11.6 Å². The van der Waals surface area contributed by atoms with E-state index in [-0.39, 0.29) is 18.2 Å². The van der Waals surface area contributed by atoms with Crippen molar-refractivity contribution in [2.24, 2.45) is 0 Å². The molecule has 2 amide bonds. The first kappa shape index (κ1) is 13.8. The quantitative estimate of drug-likeness (QED) is 0.833. The largest absolute Gasteiger partial charge is 0.381 e. The number of anilines is 2. The van der Waals surface area contributed by atoms with Crippen LogP contribution in [0.2, 0.25) is 0 Å². The molecule has 1 fully saturated rings. The fourth-order valence-corrected chi connectivity index (χ4v) is 3.36. The molecule has 2 aromatic rings. The molecule has 0 aliphatic carbocycles. The normalized spacial score (nSPS) is 20.0. The maximum atomic E-state index is 12.1. The lowest BCUT2D eigenvalue weighted by Gasteiger charge is -2.36. The first-order valence-corrected chi connectivity index (χ1v) is 7.77. The number of para-hydroxylation sites is 1. The van der Waals surface area contributed by atoms with Crippen LogP contribution in [0.4, 0.5) is 11.4 Å². The number of carbonyl (C=O) groups is 2. The van der Waals surface area contributed by atoms with Crippen LogP contribution in [0.5, 0.6) is 0 Å². The van der Waals surface area contributed by atoms with Crippen LogP contribution in [-0.2, 0) is 9.59 Å². The molecule has 116 valence electrons. The Balaban J connectivity index is 1.78. The minimum absolute atomic E-state index is 0.195. The van der Waals surface area contributed by atoms with E-state index in [0.29, 0.717) is 6.54 Å². The summed E-state index contributed by atoms with van der Waals surface area (Å²) >= 11 is 0. The van der Waals surface area contributed by atoms with Gasteiger partial charge in [-0.25, -0.2) is 0 Å². The van der Waals surface area contributed by atoms with Gasteiger partial charge in [0.2, 0.25) is 11.8 Å². The standard InChI is InChI=1S/C18H17N3O2/c22-16-11-15(18(23)20-16)21-10-9-19-17-13(7-4-8-14(17)21)12-5-2-1-3-6-12/h1-8,15,19H,9-11H2,(H,20,22,23). The molecule has 2 N–H and O–H groups in total. The maximum Gasteiger partial charge on any atom is 0.249 e. The third-order valence-corrected chi connectivity index (χ3v) is 4.41. The summed E-state index contributed by atoms with van der Waals surface area (Å²) in [5, 5.41) is 5.85. The summed E-state index contributed by atoms with van der Waals surface area (Å²) in [5.41, 5.74) is 4.24. The molecule has 5 nitrogen and oxygen atoms in total. The summed E-state index contributed by atoms with van der Waals surface area (Å²) in [6.07, 6.45) is 0.230. The van der Waals surface area contributed by atoms with Crippen LogP contribution >= 0.6 is 0 Å². The minimum Gasteiger partial charge on any atom is -0.381 e. The zero-order valence-electron chi connectivity index (χ0n) is 12.6. The van der Waals surface area contributed by atoms with Crippen molar-refractivity contribution in [2.75, 3.05) is 23.3 Å². The van der Waals surface area contributed by atoms with E-state index >= 15 is 0 Å². The highest BCUT2D eigenvalue weighted by Gasteiger charge is 2.37. The van der Waals surface area contributed by atoms with Gasteiger partial charge in [0.05, 0.1) is 17.8 Å². The number of benzene rings is 2. The van der Waals surface area contributed by atoms with Crippen LogP contribution < -0.4 is 15.5 Å². The van der Waals surface area contributed by atoms with Gasteiger partial charge in [0.25, 0.3) is 0 Å². The smallest absolute Gasteiger partial charge is 0.249 e. The number of nitrogens with zero attached hydrogens (tertiary/aromatic N) is 1. The fraction of sp³-hybridized carbons (Fsp3) is 0.222. The lowest BCUT2D eigenvalue weighted by molar-refractivity contribution is -0.125. The Morgan fingerprint density at radius 3 is 2.57 bits per heavy atom. The minimum atomic E-state index is -0.408. The predicted octanol–water partition coefficient (Wildman–Crippen LogP) is 2.00. The fourth-order valence-electron chi connectivity index (χ4n) is 3.36. The molecule has 0 spiro atoms. The molecule has 0 bridgehead atoms. The van der Waals surface area contributed by atoms with Crippen LogP contribution in [0.15, 0.2) is 48.5 Å². The van der Waals surface area contributed by atoms with E-state index in [4.69, 9.17) is 0 Å². The Morgan fingerprint density at radius 1 is 1.00 bits per heavy atom. The number of fused-ring (bicyclic) bond motifs is 1. The molecule has 2 aliphatic heterocycles. The van der Waals surface area contributed by atoms with Crippen molar-refractivity contribution in [1.29, 1.82) is 0 Å². The third-order valence-electron chi connectivity index (χ3n) is 4.41. The summed E-state index contributed by atoms with van der Waals surface area (Å²) in [4.78, 5) is 25.6. The van der Waals surface area contributed by atoms with Crippen LogP contribution in [0.25, 0.3) is 11.1 Å². The van der Waals surface area contributed by atoms with Crippen molar-refractivity contribution < 1.29 is 9.59 Å². The van der Waals surface area contributed by atoms with Gasteiger partial charge in [-0.3, -0.25) is 14.9 Å². The molecular weight excluding hydrogens is 290 g/mol. The molecule has 1 saturated heterocycles. The van der Waals surface area contributed by atoms with Crippen molar-refractivity contribution in [3.8, 4) is 11.1 Å². The van der Waals surface area contributed by atoms with Crippen LogP contribution in [0, 0.1) is 0 Å². The van der Waals surface area contributed by atoms with E-state index in [0.717, 1.165) is 29.0 Å². The number of rotatable bonds is 2. The highest BCUT2D eigenvalue weighted by atomic mass is 16.2. The summed E-state index contributed by atoms with van der Waals surface area (Å²) in [7, 11) is 0. The van der Waals surface area contributed by atoms with Crippen molar-refractivity contribution in [2.45, 2.75) is 12.5 Å². The van der Waals surface area contributed by atoms with E-state index in [1.165, 1.54) is 0 Å². The predicted molar refractivity (Wildman–Crippen MR) is 89.3 cm³/mol. The van der Waals surface area contributed by atoms with Gasteiger partial charge in [0.1, 0.15) is 6.04 Å². The van der Waals surface area contributed by atoms with Crippen LogP contribution in [-0.4, -0.2) is 30.9 Å². The molecule has 23 heavy (non-hydrogen) atoms. The summed E-state index contributed by atoms with van der Waals surface area (Å²) in [6.45, 7) is 1.45. The van der Waals surface area contributed by atoms with E-state index in [2.05, 4.69) is 28.8 Å². The number of hydrogen-bond donors (Lipinski definition) is 2. The lowest BCUT2D eigenvalue weighted by atomic mass is 9.99. The molecule has 0 radical (unpaired) electrons. The second-order valence-electron chi connectivity index (χ2n) is 5.82. The van der Waals surface area contributed by atoms with Gasteiger partial charge in [-0.2, -0.15) is 0 Å². The Morgan fingerprint density at radius 2 is 1.83 bits per heavy atom. The average Bonchev–Trinajstić information content (AvgIpc) is 2.93. The number of nitrogens with one attached hydrogen (secondary N) is 2. The monoisotopic (exact) mass is 307 g/mol. The van der Waals surface area contributed by atoms with E-state index in [1.807, 2.05) is 35.2 Å². The van der Waals surface area contributed by atoms with Crippen molar-refractivity contribution >= 4 is 23.2 Å². The first-order chi connectivity index (χ1) is 11.2. The average molecular weight is 307 g/mol. The molecular formula is C18H17N3O2. The highest BCUT2D eigenvalue weighted by molar-refractivity contribution is 6.07. The Bertz CT molecular complexity index is 773. The summed E-state index contributed by atoms with van der Waals surface area (Å²) in [6, 6.07) is 15.8. The van der Waals surface area contributed by atoms with Gasteiger partial charge in [0, 0.05) is 18.7 Å². The molecule has 1 atom stereocenters. The van der Waals surface area contributed by atoms with Crippen LogP contribution in [0.3, 0.4) is 0 Å². The number of imide groups is 1. The number of hydrogen-bond acceptors (Lipinski definition) is 4. The molecule has 2 aliphatic rings. The highest BCUT2D eigenvalue weighted by Crippen LogP contribution is 2.39.